The third-order valence-electron chi connectivity index (χ3n) is 4.44. The second-order valence-electron chi connectivity index (χ2n) is 7.29. The van der Waals surface area contributed by atoms with E-state index in [2.05, 4.69) is 10.4 Å². The van der Waals surface area contributed by atoms with Crippen LogP contribution < -0.4 is 5.32 Å². The Balaban J connectivity index is 1.70. The van der Waals surface area contributed by atoms with Crippen molar-refractivity contribution in [2.24, 2.45) is 13.0 Å². The van der Waals surface area contributed by atoms with Crippen LogP contribution in [0.25, 0.3) is 10.2 Å². The molecule has 0 saturated carbocycles. The molecule has 0 aliphatic carbocycles. The standard InChI is InChI=1S/C21H25N3O3S/c1-13(2)10-17(21(26)27-12-15-8-6-5-7-9-15)22-19(25)18-11-16-14(3)23-24(4)20(16)28-18/h5-9,11,13,17H,10,12H2,1-4H3,(H,22,25)/t17-/m0/s1. The number of ether oxygens (including phenoxy) is 1. The fourth-order valence-corrected chi connectivity index (χ4v) is 4.09. The summed E-state index contributed by atoms with van der Waals surface area (Å²) in [4.78, 5) is 26.9. The van der Waals surface area contributed by atoms with Crippen molar-refractivity contribution in [2.45, 2.75) is 39.8 Å². The van der Waals surface area contributed by atoms with E-state index in [-0.39, 0.29) is 18.4 Å². The Morgan fingerprint density at radius 2 is 1.96 bits per heavy atom. The van der Waals surface area contributed by atoms with Crippen LogP contribution in [0.4, 0.5) is 0 Å². The Kier molecular flexibility index (Phi) is 6.14. The highest BCUT2D eigenvalue weighted by Crippen LogP contribution is 2.27. The van der Waals surface area contributed by atoms with Gasteiger partial charge in [0.05, 0.1) is 10.6 Å². The Bertz CT molecular complexity index is 941. The van der Waals surface area contributed by atoms with Gasteiger partial charge < -0.3 is 10.1 Å². The van der Waals surface area contributed by atoms with Crippen LogP contribution in [0.15, 0.2) is 36.4 Å². The zero-order valence-electron chi connectivity index (χ0n) is 16.6. The van der Waals surface area contributed by atoms with Gasteiger partial charge in [0.1, 0.15) is 17.5 Å². The number of aromatic nitrogens is 2. The fourth-order valence-electron chi connectivity index (χ4n) is 3.06. The van der Waals surface area contributed by atoms with E-state index in [1.807, 2.05) is 64.2 Å². The highest BCUT2D eigenvalue weighted by molar-refractivity contribution is 7.20. The minimum Gasteiger partial charge on any atom is -0.459 e. The van der Waals surface area contributed by atoms with Gasteiger partial charge in [0.15, 0.2) is 0 Å². The first-order chi connectivity index (χ1) is 13.3. The van der Waals surface area contributed by atoms with E-state index < -0.39 is 12.0 Å². The van der Waals surface area contributed by atoms with Crippen LogP contribution in [0.2, 0.25) is 0 Å². The van der Waals surface area contributed by atoms with Gasteiger partial charge in [-0.2, -0.15) is 5.10 Å². The Morgan fingerprint density at radius 1 is 1.25 bits per heavy atom. The third kappa shape index (κ3) is 4.59. The number of carbonyl (C=O) groups excluding carboxylic acids is 2. The average Bonchev–Trinajstić information content (AvgIpc) is 3.21. The lowest BCUT2D eigenvalue weighted by Gasteiger charge is -2.19. The average molecular weight is 400 g/mol. The van der Waals surface area contributed by atoms with Gasteiger partial charge in [-0.25, -0.2) is 4.79 Å². The van der Waals surface area contributed by atoms with Crippen LogP contribution in [0.3, 0.4) is 0 Å². The lowest BCUT2D eigenvalue weighted by molar-refractivity contribution is -0.147. The number of benzene rings is 1. The predicted octanol–water partition coefficient (Wildman–Crippen LogP) is 3.83. The quantitative estimate of drug-likeness (QED) is 0.613. The second kappa shape index (κ2) is 8.56. The Hall–Kier alpha value is -2.67. The maximum absolute atomic E-state index is 12.8. The highest BCUT2D eigenvalue weighted by atomic mass is 32.1. The van der Waals surface area contributed by atoms with Gasteiger partial charge in [-0.1, -0.05) is 44.2 Å². The lowest BCUT2D eigenvalue weighted by Crippen LogP contribution is -2.42. The molecule has 0 saturated heterocycles. The number of thiophene rings is 1. The molecule has 0 bridgehead atoms. The predicted molar refractivity (Wildman–Crippen MR) is 110 cm³/mol. The van der Waals surface area contributed by atoms with E-state index >= 15 is 0 Å². The number of hydrogen-bond acceptors (Lipinski definition) is 5. The van der Waals surface area contributed by atoms with Gasteiger partial charge in [-0.05, 0) is 30.9 Å². The van der Waals surface area contributed by atoms with Crippen molar-refractivity contribution in [1.82, 2.24) is 15.1 Å². The molecule has 3 rings (SSSR count). The van der Waals surface area contributed by atoms with Crippen molar-refractivity contribution in [3.63, 3.8) is 0 Å². The molecule has 6 nitrogen and oxygen atoms in total. The molecule has 0 spiro atoms. The molecule has 1 amide bonds. The summed E-state index contributed by atoms with van der Waals surface area (Å²) in [5, 5.41) is 8.17. The van der Waals surface area contributed by atoms with Crippen LogP contribution in [-0.2, 0) is 23.2 Å². The number of rotatable bonds is 7. The van der Waals surface area contributed by atoms with Crippen LogP contribution in [0, 0.1) is 12.8 Å². The second-order valence-corrected chi connectivity index (χ2v) is 8.32. The summed E-state index contributed by atoms with van der Waals surface area (Å²) < 4.78 is 7.22. The van der Waals surface area contributed by atoms with Crippen molar-refractivity contribution in [2.75, 3.05) is 0 Å². The van der Waals surface area contributed by atoms with Crippen LogP contribution in [0.5, 0.6) is 0 Å². The summed E-state index contributed by atoms with van der Waals surface area (Å²) >= 11 is 1.37. The number of amides is 1. The third-order valence-corrected chi connectivity index (χ3v) is 5.64. The summed E-state index contributed by atoms with van der Waals surface area (Å²) in [6.07, 6.45) is 0.519. The van der Waals surface area contributed by atoms with E-state index in [9.17, 15) is 9.59 Å². The summed E-state index contributed by atoms with van der Waals surface area (Å²) in [5.41, 5.74) is 1.80. The number of nitrogens with one attached hydrogen (secondary N) is 1. The smallest absolute Gasteiger partial charge is 0.328 e. The van der Waals surface area contributed by atoms with Crippen molar-refractivity contribution in [1.29, 1.82) is 0 Å². The normalized spacial score (nSPS) is 12.3. The minimum atomic E-state index is -0.680. The Labute approximate surface area is 168 Å². The molecule has 28 heavy (non-hydrogen) atoms. The summed E-state index contributed by atoms with van der Waals surface area (Å²) in [5.74, 6) is -0.434. The molecule has 148 valence electrons. The first-order valence-electron chi connectivity index (χ1n) is 9.29. The first kappa shape index (κ1) is 20.1. The molecule has 1 N–H and O–H groups in total. The molecule has 0 aliphatic heterocycles. The molecule has 7 heteroatoms. The number of fused-ring (bicyclic) bond motifs is 1. The molecular weight excluding hydrogens is 374 g/mol. The monoisotopic (exact) mass is 399 g/mol. The molecule has 0 radical (unpaired) electrons. The van der Waals surface area contributed by atoms with Gasteiger partial charge in [0.2, 0.25) is 0 Å². The zero-order chi connectivity index (χ0) is 20.3. The number of nitrogens with zero attached hydrogens (tertiary/aromatic N) is 2. The van der Waals surface area contributed by atoms with E-state index in [0.717, 1.165) is 21.5 Å². The van der Waals surface area contributed by atoms with E-state index in [1.54, 1.807) is 4.68 Å². The maximum Gasteiger partial charge on any atom is 0.328 e. The molecular formula is C21H25N3O3S. The highest BCUT2D eigenvalue weighted by Gasteiger charge is 2.25. The van der Waals surface area contributed by atoms with Crippen LogP contribution in [-0.4, -0.2) is 27.7 Å². The van der Waals surface area contributed by atoms with Gasteiger partial charge >= 0.3 is 5.97 Å². The van der Waals surface area contributed by atoms with Gasteiger partial charge in [0, 0.05) is 12.4 Å². The SMILES string of the molecule is Cc1nn(C)c2sc(C(=O)N[C@@H](CC(C)C)C(=O)OCc3ccccc3)cc12. The molecule has 1 atom stereocenters. The van der Waals surface area contributed by atoms with E-state index in [1.165, 1.54) is 11.3 Å². The zero-order valence-corrected chi connectivity index (χ0v) is 17.4. The maximum atomic E-state index is 12.8. The molecule has 2 aromatic heterocycles. The molecule has 1 aromatic carbocycles. The summed E-state index contributed by atoms with van der Waals surface area (Å²) in [7, 11) is 1.86. The molecule has 0 fully saturated rings. The number of esters is 1. The van der Waals surface area contributed by atoms with Crippen molar-refractivity contribution < 1.29 is 14.3 Å². The summed E-state index contributed by atoms with van der Waals surface area (Å²) in [6, 6.07) is 10.7. The topological polar surface area (TPSA) is 73.2 Å². The van der Waals surface area contributed by atoms with Crippen molar-refractivity contribution >= 4 is 33.4 Å². The first-order valence-corrected chi connectivity index (χ1v) is 10.1. The van der Waals surface area contributed by atoms with Crippen molar-refractivity contribution in [3.8, 4) is 0 Å². The van der Waals surface area contributed by atoms with E-state index in [4.69, 9.17) is 4.74 Å². The molecule has 0 unspecified atom stereocenters. The van der Waals surface area contributed by atoms with Crippen molar-refractivity contribution in [3.05, 3.63) is 52.5 Å². The molecule has 2 heterocycles. The van der Waals surface area contributed by atoms with Crippen LogP contribution >= 0.6 is 11.3 Å². The molecule has 3 aromatic rings. The Morgan fingerprint density at radius 3 is 2.61 bits per heavy atom. The number of aryl methyl sites for hydroxylation is 2. The van der Waals surface area contributed by atoms with Gasteiger partial charge in [-0.3, -0.25) is 9.48 Å². The van der Waals surface area contributed by atoms with Gasteiger partial charge in [-0.15, -0.1) is 11.3 Å². The van der Waals surface area contributed by atoms with Crippen LogP contribution in [0.1, 0.15) is 41.2 Å². The largest absolute Gasteiger partial charge is 0.459 e. The lowest BCUT2D eigenvalue weighted by atomic mass is 10.0. The fraction of sp³-hybridized carbons (Fsp3) is 0.381. The number of carbonyl (C=O) groups is 2. The molecule has 0 aliphatic rings. The minimum absolute atomic E-state index is 0.192. The van der Waals surface area contributed by atoms with Gasteiger partial charge in [0.25, 0.3) is 5.91 Å². The van der Waals surface area contributed by atoms with E-state index in [0.29, 0.717) is 11.3 Å². The summed E-state index contributed by atoms with van der Waals surface area (Å²) in [6.45, 7) is 6.13. The number of hydrogen-bond donors (Lipinski definition) is 1.